The van der Waals surface area contributed by atoms with E-state index in [-0.39, 0.29) is 10.6 Å². The second-order valence-corrected chi connectivity index (χ2v) is 10.3. The van der Waals surface area contributed by atoms with E-state index in [1.54, 1.807) is 0 Å². The molecule has 0 radical (unpaired) electrons. The molecule has 2 amide bonds. The van der Waals surface area contributed by atoms with E-state index >= 15 is 0 Å². The van der Waals surface area contributed by atoms with Crippen molar-refractivity contribution in [1.82, 2.24) is 5.32 Å². The normalized spacial score (nSPS) is 19.2. The Labute approximate surface area is 227 Å². The quantitative estimate of drug-likeness (QED) is 0.254. The average Bonchev–Trinajstić information content (AvgIpc) is 3.35. The Morgan fingerprint density at radius 3 is 2.08 bits per heavy atom. The molecule has 0 bridgehead atoms. The van der Waals surface area contributed by atoms with Crippen molar-refractivity contribution >= 4 is 63.9 Å². The molecule has 2 N–H and O–H groups in total. The van der Waals surface area contributed by atoms with Gasteiger partial charge in [-0.25, -0.2) is 4.39 Å². The molecule has 38 heavy (non-hydrogen) atoms. The fourth-order valence-corrected chi connectivity index (χ4v) is 4.77. The standard InChI is InChI=1S/C21H11Cl4F9N2O2/c22-11-3-7(1-2-12(11)26)13-14(19(13,24)25)17(38)36-8-4-9(15(23)10(5-8)20(29,30)31)16(37)35-6-18(27,28)21(32,33)34/h1-5,13-14H,6H2,(H,35,37)(H,36,38)/t13-,14+/m0/s1. The van der Waals surface area contributed by atoms with E-state index in [2.05, 4.69) is 0 Å². The lowest BCUT2D eigenvalue weighted by Crippen LogP contribution is -2.46. The van der Waals surface area contributed by atoms with E-state index in [1.165, 1.54) is 11.4 Å². The molecule has 0 heterocycles. The van der Waals surface area contributed by atoms with Gasteiger partial charge < -0.3 is 10.6 Å². The fraction of sp³-hybridized carbons (Fsp3) is 0.333. The number of carbonyl (C=O) groups is 2. The van der Waals surface area contributed by atoms with Crippen LogP contribution in [-0.2, 0) is 11.0 Å². The number of nitrogens with one attached hydrogen (secondary N) is 2. The van der Waals surface area contributed by atoms with E-state index in [9.17, 15) is 49.1 Å². The van der Waals surface area contributed by atoms with Crippen molar-refractivity contribution < 1.29 is 49.1 Å². The zero-order valence-corrected chi connectivity index (χ0v) is 21.0. The van der Waals surface area contributed by atoms with Gasteiger partial charge in [0.05, 0.1) is 33.6 Å². The third kappa shape index (κ3) is 6.05. The van der Waals surface area contributed by atoms with E-state index in [0.717, 1.165) is 12.1 Å². The summed E-state index contributed by atoms with van der Waals surface area (Å²) in [6.07, 6.45) is -11.3. The van der Waals surface area contributed by atoms with Crippen LogP contribution in [0, 0.1) is 11.7 Å². The van der Waals surface area contributed by atoms with Crippen LogP contribution in [0.4, 0.5) is 45.2 Å². The minimum atomic E-state index is -6.05. The van der Waals surface area contributed by atoms with Gasteiger partial charge >= 0.3 is 18.3 Å². The molecule has 0 aliphatic heterocycles. The van der Waals surface area contributed by atoms with Gasteiger partial charge in [-0.3, -0.25) is 9.59 Å². The van der Waals surface area contributed by atoms with E-state index in [1.807, 2.05) is 5.32 Å². The molecule has 1 saturated carbocycles. The Morgan fingerprint density at radius 1 is 0.947 bits per heavy atom. The van der Waals surface area contributed by atoms with Crippen molar-refractivity contribution in [3.63, 3.8) is 0 Å². The Bertz CT molecular complexity index is 1280. The van der Waals surface area contributed by atoms with Gasteiger partial charge in [0.2, 0.25) is 5.91 Å². The Kier molecular flexibility index (Phi) is 8.13. The van der Waals surface area contributed by atoms with Gasteiger partial charge in [-0.05, 0) is 29.8 Å². The van der Waals surface area contributed by atoms with E-state index in [0.29, 0.717) is 12.1 Å². The lowest BCUT2D eigenvalue weighted by Gasteiger charge is -2.20. The predicted octanol–water partition coefficient (Wildman–Crippen LogP) is 7.60. The number of hydrogen-bond donors (Lipinski definition) is 2. The van der Waals surface area contributed by atoms with Gasteiger partial charge in [-0.15, -0.1) is 23.2 Å². The summed E-state index contributed by atoms with van der Waals surface area (Å²) in [5, 5.41) is 1.56. The van der Waals surface area contributed by atoms with E-state index in [4.69, 9.17) is 46.4 Å². The largest absolute Gasteiger partial charge is 0.455 e. The summed E-state index contributed by atoms with van der Waals surface area (Å²) in [6, 6.07) is 4.17. The van der Waals surface area contributed by atoms with Gasteiger partial charge in [-0.2, -0.15) is 35.1 Å². The first kappa shape index (κ1) is 30.5. The molecule has 2 atom stereocenters. The van der Waals surface area contributed by atoms with Crippen molar-refractivity contribution in [2.24, 2.45) is 5.92 Å². The summed E-state index contributed by atoms with van der Waals surface area (Å²) in [5.41, 5.74) is -3.37. The second-order valence-electron chi connectivity index (χ2n) is 8.06. The minimum Gasteiger partial charge on any atom is -0.346 e. The van der Waals surface area contributed by atoms with Crippen molar-refractivity contribution in [3.05, 3.63) is 62.9 Å². The molecule has 2 aromatic carbocycles. The van der Waals surface area contributed by atoms with Crippen LogP contribution in [0.15, 0.2) is 30.3 Å². The summed E-state index contributed by atoms with van der Waals surface area (Å²) in [6.45, 7) is -2.30. The summed E-state index contributed by atoms with van der Waals surface area (Å²) >= 11 is 23.6. The lowest BCUT2D eigenvalue weighted by atomic mass is 10.1. The Hall–Kier alpha value is -2.09. The van der Waals surface area contributed by atoms with Crippen LogP contribution < -0.4 is 10.6 Å². The highest BCUT2D eigenvalue weighted by Crippen LogP contribution is 2.65. The number of hydrogen-bond acceptors (Lipinski definition) is 2. The summed E-state index contributed by atoms with van der Waals surface area (Å²) in [5.74, 6) is -11.3. The number of halogens is 13. The molecule has 1 aliphatic rings. The molecular formula is C21H11Cl4F9N2O2. The summed E-state index contributed by atoms with van der Waals surface area (Å²) in [7, 11) is 0. The van der Waals surface area contributed by atoms with Crippen molar-refractivity contribution in [1.29, 1.82) is 0 Å². The van der Waals surface area contributed by atoms with Gasteiger partial charge in [0, 0.05) is 11.6 Å². The van der Waals surface area contributed by atoms with E-state index < -0.39 is 80.5 Å². The van der Waals surface area contributed by atoms with Crippen LogP contribution in [0.1, 0.15) is 27.4 Å². The molecule has 4 nitrogen and oxygen atoms in total. The molecule has 3 rings (SSSR count). The number of amides is 2. The number of rotatable bonds is 6. The molecule has 0 spiro atoms. The molecule has 2 aromatic rings. The molecule has 208 valence electrons. The zero-order valence-electron chi connectivity index (χ0n) is 18.0. The SMILES string of the molecule is O=C(NCC(F)(F)C(F)(F)F)c1cc(NC(=O)[C@H]2[C@H](c3ccc(F)c(Cl)c3)C2(Cl)Cl)cc(C(F)(F)F)c1Cl. The van der Waals surface area contributed by atoms with Crippen molar-refractivity contribution in [2.75, 3.05) is 11.9 Å². The van der Waals surface area contributed by atoms with Crippen LogP contribution >= 0.6 is 46.4 Å². The van der Waals surface area contributed by atoms with Gasteiger partial charge in [0.25, 0.3) is 5.91 Å². The smallest absolute Gasteiger partial charge is 0.346 e. The van der Waals surface area contributed by atoms with Crippen LogP contribution in [0.5, 0.6) is 0 Å². The highest BCUT2D eigenvalue weighted by atomic mass is 35.5. The molecule has 1 fully saturated rings. The molecule has 0 aromatic heterocycles. The summed E-state index contributed by atoms with van der Waals surface area (Å²) in [4.78, 5) is 25.0. The average molecular weight is 636 g/mol. The van der Waals surface area contributed by atoms with Crippen LogP contribution in [-0.4, -0.2) is 34.8 Å². The van der Waals surface area contributed by atoms with Crippen LogP contribution in [0.2, 0.25) is 10.0 Å². The fourth-order valence-electron chi connectivity index (χ4n) is 3.45. The maximum Gasteiger partial charge on any atom is 0.455 e. The van der Waals surface area contributed by atoms with Crippen molar-refractivity contribution in [3.8, 4) is 0 Å². The Balaban J connectivity index is 1.90. The molecule has 17 heteroatoms. The van der Waals surface area contributed by atoms with Crippen molar-refractivity contribution in [2.45, 2.75) is 28.5 Å². The van der Waals surface area contributed by atoms with Crippen LogP contribution in [0.3, 0.4) is 0 Å². The Morgan fingerprint density at radius 2 is 1.55 bits per heavy atom. The maximum atomic E-state index is 13.5. The highest BCUT2D eigenvalue weighted by Gasteiger charge is 2.67. The molecule has 0 unspecified atom stereocenters. The highest BCUT2D eigenvalue weighted by molar-refractivity contribution is 6.53. The van der Waals surface area contributed by atoms with Gasteiger partial charge in [0.15, 0.2) is 0 Å². The molecule has 0 saturated heterocycles. The first-order valence-corrected chi connectivity index (χ1v) is 11.5. The number of carbonyl (C=O) groups excluding carboxylic acids is 2. The third-order valence-corrected chi connectivity index (χ3v) is 7.05. The second kappa shape index (κ2) is 10.1. The third-order valence-electron chi connectivity index (χ3n) is 5.41. The number of benzene rings is 2. The molecule has 1 aliphatic carbocycles. The maximum absolute atomic E-state index is 13.5. The first-order valence-electron chi connectivity index (χ1n) is 9.95. The minimum absolute atomic E-state index is 0.222. The summed E-state index contributed by atoms with van der Waals surface area (Å²) < 4.78 is 116. The topological polar surface area (TPSA) is 58.2 Å². The first-order chi connectivity index (χ1) is 17.2. The number of alkyl halides is 10. The van der Waals surface area contributed by atoms with Crippen LogP contribution in [0.25, 0.3) is 0 Å². The number of anilines is 1. The van der Waals surface area contributed by atoms with Gasteiger partial charge in [-0.1, -0.05) is 29.3 Å². The predicted molar refractivity (Wildman–Crippen MR) is 120 cm³/mol. The monoisotopic (exact) mass is 634 g/mol. The lowest BCUT2D eigenvalue weighted by molar-refractivity contribution is -0.278. The van der Waals surface area contributed by atoms with Gasteiger partial charge in [0.1, 0.15) is 10.2 Å². The molecular weight excluding hydrogens is 625 g/mol. The zero-order chi connectivity index (χ0) is 29.0.